The molecule has 1 aliphatic rings. The molecule has 0 heterocycles. The lowest BCUT2D eigenvalue weighted by Crippen LogP contribution is -2.02. The van der Waals surface area contributed by atoms with E-state index in [9.17, 15) is 4.79 Å². The molecule has 0 saturated heterocycles. The summed E-state index contributed by atoms with van der Waals surface area (Å²) in [4.78, 5) is 15.5. The van der Waals surface area contributed by atoms with Crippen LogP contribution in [0.5, 0.6) is 5.75 Å². The highest BCUT2D eigenvalue weighted by Gasteiger charge is 2.25. The molecule has 1 saturated carbocycles. The van der Waals surface area contributed by atoms with E-state index < -0.39 is 5.97 Å². The van der Waals surface area contributed by atoms with Gasteiger partial charge in [0, 0.05) is 5.71 Å². The largest absolute Gasteiger partial charge is 0.488 e. The Morgan fingerprint density at radius 2 is 2.06 bits per heavy atom. The van der Waals surface area contributed by atoms with E-state index in [4.69, 9.17) is 9.84 Å². The maximum atomic E-state index is 11.0. The zero-order valence-corrected chi connectivity index (χ0v) is 10.9. The van der Waals surface area contributed by atoms with Crippen molar-refractivity contribution in [1.29, 1.82) is 0 Å². The van der Waals surface area contributed by atoms with Gasteiger partial charge in [-0.2, -0.15) is 0 Å². The third kappa shape index (κ3) is 2.88. The summed E-state index contributed by atoms with van der Waals surface area (Å²) in [5.74, 6) is -0.362. The minimum Gasteiger partial charge on any atom is -0.488 e. The zero-order chi connectivity index (χ0) is 13.3. The fraction of sp³-hybridized carbons (Fsp3) is 0.429. The SMILES string of the molecule is CC(C)=Nc1c(C)cc(C(=O)O)cc1OC1CC1. The maximum absolute atomic E-state index is 11.0. The highest BCUT2D eigenvalue weighted by molar-refractivity contribution is 5.90. The second-order valence-electron chi connectivity index (χ2n) is 4.82. The van der Waals surface area contributed by atoms with E-state index in [1.54, 1.807) is 12.1 Å². The van der Waals surface area contributed by atoms with Gasteiger partial charge in [0.1, 0.15) is 11.4 Å². The van der Waals surface area contributed by atoms with E-state index in [-0.39, 0.29) is 11.7 Å². The number of ether oxygens (including phenoxy) is 1. The van der Waals surface area contributed by atoms with Crippen LogP contribution in [-0.2, 0) is 0 Å². The minimum atomic E-state index is -0.942. The van der Waals surface area contributed by atoms with Crippen molar-refractivity contribution in [1.82, 2.24) is 0 Å². The van der Waals surface area contributed by atoms with Gasteiger partial charge in [0.05, 0.1) is 11.7 Å². The second kappa shape index (κ2) is 4.80. The number of hydrogen-bond acceptors (Lipinski definition) is 3. The molecule has 4 heteroatoms. The molecule has 0 aromatic heterocycles. The summed E-state index contributed by atoms with van der Waals surface area (Å²) >= 11 is 0. The minimum absolute atomic E-state index is 0.222. The van der Waals surface area contributed by atoms with E-state index in [1.807, 2.05) is 20.8 Å². The van der Waals surface area contributed by atoms with Gasteiger partial charge in [0.15, 0.2) is 0 Å². The van der Waals surface area contributed by atoms with Crippen LogP contribution in [0.2, 0.25) is 0 Å². The summed E-state index contributed by atoms with van der Waals surface area (Å²) in [5.41, 5.74) is 2.73. The van der Waals surface area contributed by atoms with Crippen LogP contribution in [0.25, 0.3) is 0 Å². The van der Waals surface area contributed by atoms with Crippen LogP contribution in [0.3, 0.4) is 0 Å². The first kappa shape index (κ1) is 12.6. The van der Waals surface area contributed by atoms with Crippen molar-refractivity contribution in [2.75, 3.05) is 0 Å². The van der Waals surface area contributed by atoms with Gasteiger partial charge < -0.3 is 9.84 Å². The molecule has 1 fully saturated rings. The molecule has 1 aromatic rings. The monoisotopic (exact) mass is 247 g/mol. The molecule has 0 atom stereocenters. The average Bonchev–Trinajstić information content (AvgIpc) is 3.06. The summed E-state index contributed by atoms with van der Waals surface area (Å²) in [6, 6.07) is 3.19. The molecule has 0 spiro atoms. The maximum Gasteiger partial charge on any atom is 0.335 e. The summed E-state index contributed by atoms with van der Waals surface area (Å²) in [6.45, 7) is 5.67. The fourth-order valence-electron chi connectivity index (χ4n) is 1.69. The Balaban J connectivity index is 2.47. The van der Waals surface area contributed by atoms with Crippen molar-refractivity contribution >= 4 is 17.4 Å². The molecule has 1 aromatic carbocycles. The van der Waals surface area contributed by atoms with Gasteiger partial charge >= 0.3 is 5.97 Å². The molecule has 0 radical (unpaired) electrons. The lowest BCUT2D eigenvalue weighted by molar-refractivity contribution is 0.0696. The summed E-state index contributed by atoms with van der Waals surface area (Å²) in [7, 11) is 0. The van der Waals surface area contributed by atoms with Crippen molar-refractivity contribution < 1.29 is 14.6 Å². The molecule has 0 amide bonds. The van der Waals surface area contributed by atoms with Crippen LogP contribution in [0.15, 0.2) is 17.1 Å². The third-order valence-electron chi connectivity index (χ3n) is 2.67. The van der Waals surface area contributed by atoms with Crippen molar-refractivity contribution in [2.24, 2.45) is 4.99 Å². The van der Waals surface area contributed by atoms with Gasteiger partial charge in [-0.05, 0) is 51.3 Å². The van der Waals surface area contributed by atoms with Crippen LogP contribution in [0.4, 0.5) is 5.69 Å². The van der Waals surface area contributed by atoms with Crippen molar-refractivity contribution in [3.63, 3.8) is 0 Å². The predicted octanol–water partition coefficient (Wildman–Crippen LogP) is 3.35. The molecule has 2 rings (SSSR count). The fourth-order valence-corrected chi connectivity index (χ4v) is 1.69. The van der Waals surface area contributed by atoms with E-state index in [0.29, 0.717) is 5.75 Å². The molecule has 1 N–H and O–H groups in total. The summed E-state index contributed by atoms with van der Waals surface area (Å²) in [5, 5.41) is 9.06. The number of aryl methyl sites for hydroxylation is 1. The Morgan fingerprint density at radius 1 is 1.39 bits per heavy atom. The van der Waals surface area contributed by atoms with Gasteiger partial charge in [-0.15, -0.1) is 0 Å². The molecule has 1 aliphatic carbocycles. The molecule has 0 unspecified atom stereocenters. The first-order chi connectivity index (χ1) is 8.47. The van der Waals surface area contributed by atoms with Crippen LogP contribution < -0.4 is 4.74 Å². The Kier molecular flexibility index (Phi) is 3.36. The molecule has 0 aliphatic heterocycles. The smallest absolute Gasteiger partial charge is 0.335 e. The molecule has 0 bridgehead atoms. The number of rotatable bonds is 4. The number of benzene rings is 1. The zero-order valence-electron chi connectivity index (χ0n) is 10.9. The Hall–Kier alpha value is -1.84. The summed E-state index contributed by atoms with van der Waals surface area (Å²) < 4.78 is 5.76. The number of carbonyl (C=O) groups is 1. The van der Waals surface area contributed by atoms with Crippen molar-refractivity contribution in [2.45, 2.75) is 39.7 Å². The van der Waals surface area contributed by atoms with E-state index in [2.05, 4.69) is 4.99 Å². The van der Waals surface area contributed by atoms with Crippen LogP contribution >= 0.6 is 0 Å². The molecule has 18 heavy (non-hydrogen) atoms. The van der Waals surface area contributed by atoms with E-state index >= 15 is 0 Å². The number of carboxylic acid groups (broad SMARTS) is 1. The molecule has 96 valence electrons. The van der Waals surface area contributed by atoms with Crippen LogP contribution in [-0.4, -0.2) is 22.9 Å². The topological polar surface area (TPSA) is 58.9 Å². The Bertz CT molecular complexity index is 512. The molecular formula is C14H17NO3. The highest BCUT2D eigenvalue weighted by Crippen LogP contribution is 2.37. The Morgan fingerprint density at radius 3 is 2.56 bits per heavy atom. The highest BCUT2D eigenvalue weighted by atomic mass is 16.5. The van der Waals surface area contributed by atoms with Crippen molar-refractivity contribution in [3.05, 3.63) is 23.3 Å². The van der Waals surface area contributed by atoms with Crippen LogP contribution in [0.1, 0.15) is 42.6 Å². The average molecular weight is 247 g/mol. The van der Waals surface area contributed by atoms with E-state index in [1.165, 1.54) is 0 Å². The number of hydrogen-bond donors (Lipinski definition) is 1. The third-order valence-corrected chi connectivity index (χ3v) is 2.67. The molecular weight excluding hydrogens is 230 g/mol. The predicted molar refractivity (Wildman–Crippen MR) is 70.2 cm³/mol. The standard InChI is InChI=1S/C14H17NO3/c1-8(2)15-13-9(3)6-10(14(16)17)7-12(13)18-11-4-5-11/h6-7,11H,4-5H2,1-3H3,(H,16,17). The first-order valence-corrected chi connectivity index (χ1v) is 6.04. The number of nitrogens with zero attached hydrogens (tertiary/aromatic N) is 1. The van der Waals surface area contributed by atoms with E-state index in [0.717, 1.165) is 29.8 Å². The first-order valence-electron chi connectivity index (χ1n) is 6.04. The second-order valence-corrected chi connectivity index (χ2v) is 4.82. The lowest BCUT2D eigenvalue weighted by atomic mass is 10.1. The van der Waals surface area contributed by atoms with Gasteiger partial charge in [0.2, 0.25) is 0 Å². The Labute approximate surface area is 106 Å². The normalized spacial score (nSPS) is 14.2. The lowest BCUT2D eigenvalue weighted by Gasteiger charge is -2.12. The number of aliphatic imine (C=N–C) groups is 1. The van der Waals surface area contributed by atoms with Gasteiger partial charge in [-0.1, -0.05) is 0 Å². The van der Waals surface area contributed by atoms with Crippen LogP contribution in [0, 0.1) is 6.92 Å². The van der Waals surface area contributed by atoms with Gasteiger partial charge in [-0.25, -0.2) is 4.79 Å². The van der Waals surface area contributed by atoms with Crippen molar-refractivity contribution in [3.8, 4) is 5.75 Å². The number of carboxylic acids is 1. The van der Waals surface area contributed by atoms with Gasteiger partial charge in [-0.3, -0.25) is 4.99 Å². The quantitative estimate of drug-likeness (QED) is 0.830. The molecule has 4 nitrogen and oxygen atoms in total. The van der Waals surface area contributed by atoms with Gasteiger partial charge in [0.25, 0.3) is 0 Å². The number of aromatic carboxylic acids is 1. The summed E-state index contributed by atoms with van der Waals surface area (Å²) in [6.07, 6.45) is 2.29.